The molecule has 0 aromatic carbocycles. The van der Waals surface area contributed by atoms with E-state index < -0.39 is 0 Å². The van der Waals surface area contributed by atoms with Crippen LogP contribution in [-0.4, -0.2) is 44.3 Å². The van der Waals surface area contributed by atoms with Crippen molar-refractivity contribution in [2.75, 3.05) is 33.4 Å². The molecule has 1 unspecified atom stereocenters. The van der Waals surface area contributed by atoms with Crippen molar-refractivity contribution in [1.29, 1.82) is 0 Å². The SMILES string of the molecule is COCCCC(N)CN(CCC(C)C)CCC(C)C. The van der Waals surface area contributed by atoms with Gasteiger partial charge in [-0.3, -0.25) is 0 Å². The van der Waals surface area contributed by atoms with Crippen molar-refractivity contribution >= 4 is 0 Å². The standard InChI is InChI=1S/C16H36N2O/c1-14(2)8-10-18(11-9-15(3)4)13-16(17)7-6-12-19-5/h14-16H,6-13,17H2,1-5H3. The van der Waals surface area contributed by atoms with Gasteiger partial charge in [0.05, 0.1) is 0 Å². The molecule has 0 aliphatic carbocycles. The third-order valence-electron chi connectivity index (χ3n) is 3.46. The number of methoxy groups -OCH3 is 1. The summed E-state index contributed by atoms with van der Waals surface area (Å²) in [5.41, 5.74) is 6.23. The van der Waals surface area contributed by atoms with Gasteiger partial charge in [-0.15, -0.1) is 0 Å². The summed E-state index contributed by atoms with van der Waals surface area (Å²) < 4.78 is 5.09. The van der Waals surface area contributed by atoms with Gasteiger partial charge in [-0.25, -0.2) is 0 Å². The molecule has 0 aliphatic rings. The average molecular weight is 272 g/mol. The van der Waals surface area contributed by atoms with Crippen LogP contribution in [0.1, 0.15) is 53.4 Å². The molecular weight excluding hydrogens is 236 g/mol. The Morgan fingerprint density at radius 3 is 1.89 bits per heavy atom. The highest BCUT2D eigenvalue weighted by atomic mass is 16.5. The Hall–Kier alpha value is -0.120. The fourth-order valence-corrected chi connectivity index (χ4v) is 2.09. The van der Waals surface area contributed by atoms with E-state index in [2.05, 4.69) is 32.6 Å². The highest BCUT2D eigenvalue weighted by Crippen LogP contribution is 2.08. The van der Waals surface area contributed by atoms with E-state index in [4.69, 9.17) is 10.5 Å². The van der Waals surface area contributed by atoms with Crippen LogP contribution in [0.2, 0.25) is 0 Å². The topological polar surface area (TPSA) is 38.5 Å². The molecule has 0 spiro atoms. The van der Waals surface area contributed by atoms with E-state index in [0.29, 0.717) is 0 Å². The van der Waals surface area contributed by atoms with Crippen LogP contribution in [-0.2, 0) is 4.74 Å². The van der Waals surface area contributed by atoms with Gasteiger partial charge >= 0.3 is 0 Å². The third kappa shape index (κ3) is 12.6. The Bertz CT molecular complexity index is 183. The quantitative estimate of drug-likeness (QED) is 0.555. The molecule has 2 N–H and O–H groups in total. The Balaban J connectivity index is 4.00. The summed E-state index contributed by atoms with van der Waals surface area (Å²) in [5.74, 6) is 1.54. The van der Waals surface area contributed by atoms with E-state index in [1.165, 1.54) is 25.9 Å². The Labute approximate surface area is 120 Å². The number of nitrogens with zero attached hydrogens (tertiary/aromatic N) is 1. The molecule has 3 heteroatoms. The lowest BCUT2D eigenvalue weighted by Gasteiger charge is -2.27. The molecule has 1 atom stereocenters. The Morgan fingerprint density at radius 2 is 1.47 bits per heavy atom. The van der Waals surface area contributed by atoms with Crippen molar-refractivity contribution in [3.05, 3.63) is 0 Å². The smallest absolute Gasteiger partial charge is 0.0462 e. The molecule has 0 rings (SSSR count). The zero-order valence-corrected chi connectivity index (χ0v) is 13.8. The Morgan fingerprint density at radius 1 is 0.947 bits per heavy atom. The molecule has 0 saturated carbocycles. The highest BCUT2D eigenvalue weighted by molar-refractivity contribution is 4.70. The first-order valence-corrected chi connectivity index (χ1v) is 7.92. The number of ether oxygens (including phenoxy) is 1. The summed E-state index contributed by atoms with van der Waals surface area (Å²) >= 11 is 0. The van der Waals surface area contributed by atoms with E-state index in [0.717, 1.165) is 37.8 Å². The largest absolute Gasteiger partial charge is 0.385 e. The van der Waals surface area contributed by atoms with Crippen molar-refractivity contribution in [1.82, 2.24) is 4.90 Å². The summed E-state index contributed by atoms with van der Waals surface area (Å²) in [6.45, 7) is 13.4. The van der Waals surface area contributed by atoms with E-state index in [9.17, 15) is 0 Å². The van der Waals surface area contributed by atoms with Gasteiger partial charge in [0.15, 0.2) is 0 Å². The molecule has 0 aromatic rings. The molecule has 0 saturated heterocycles. The van der Waals surface area contributed by atoms with Gasteiger partial charge in [0.1, 0.15) is 0 Å². The lowest BCUT2D eigenvalue weighted by Crippen LogP contribution is -2.39. The second-order valence-electron chi connectivity index (χ2n) is 6.56. The molecular formula is C16H36N2O. The second kappa shape index (κ2) is 11.7. The van der Waals surface area contributed by atoms with Gasteiger partial charge < -0.3 is 15.4 Å². The minimum Gasteiger partial charge on any atom is -0.385 e. The number of hydrogen-bond donors (Lipinski definition) is 1. The van der Waals surface area contributed by atoms with Crippen LogP contribution < -0.4 is 5.73 Å². The van der Waals surface area contributed by atoms with Crippen LogP contribution in [0.15, 0.2) is 0 Å². The van der Waals surface area contributed by atoms with E-state index >= 15 is 0 Å². The van der Waals surface area contributed by atoms with Crippen LogP contribution in [0.25, 0.3) is 0 Å². The van der Waals surface area contributed by atoms with Gasteiger partial charge in [-0.05, 0) is 50.6 Å². The van der Waals surface area contributed by atoms with Crippen molar-refractivity contribution in [3.63, 3.8) is 0 Å². The molecule has 0 fully saturated rings. The fraction of sp³-hybridized carbons (Fsp3) is 1.00. The van der Waals surface area contributed by atoms with Crippen molar-refractivity contribution in [2.24, 2.45) is 17.6 Å². The van der Waals surface area contributed by atoms with Gasteiger partial charge in [0, 0.05) is 26.3 Å². The van der Waals surface area contributed by atoms with Crippen LogP contribution in [0.5, 0.6) is 0 Å². The van der Waals surface area contributed by atoms with Crippen LogP contribution >= 0.6 is 0 Å². The summed E-state index contributed by atoms with van der Waals surface area (Å²) in [7, 11) is 1.75. The van der Waals surface area contributed by atoms with Crippen molar-refractivity contribution < 1.29 is 4.74 Å². The zero-order valence-electron chi connectivity index (χ0n) is 13.8. The predicted molar refractivity (Wildman–Crippen MR) is 84.4 cm³/mol. The monoisotopic (exact) mass is 272 g/mol. The van der Waals surface area contributed by atoms with Crippen LogP contribution in [0, 0.1) is 11.8 Å². The molecule has 0 bridgehead atoms. The summed E-state index contributed by atoms with van der Waals surface area (Å²) in [4.78, 5) is 2.55. The number of rotatable bonds is 12. The minimum absolute atomic E-state index is 0.287. The fourth-order valence-electron chi connectivity index (χ4n) is 2.09. The van der Waals surface area contributed by atoms with Crippen molar-refractivity contribution in [3.8, 4) is 0 Å². The third-order valence-corrected chi connectivity index (χ3v) is 3.46. The molecule has 0 amide bonds. The molecule has 116 valence electrons. The maximum atomic E-state index is 6.23. The van der Waals surface area contributed by atoms with Crippen LogP contribution in [0.4, 0.5) is 0 Å². The zero-order chi connectivity index (χ0) is 14.7. The predicted octanol–water partition coefficient (Wildman–Crippen LogP) is 3.13. The van der Waals surface area contributed by atoms with Gasteiger partial charge in [0.25, 0.3) is 0 Å². The van der Waals surface area contributed by atoms with Crippen molar-refractivity contribution in [2.45, 2.75) is 59.4 Å². The first-order chi connectivity index (χ1) is 8.95. The van der Waals surface area contributed by atoms with Gasteiger partial charge in [-0.1, -0.05) is 27.7 Å². The van der Waals surface area contributed by atoms with Gasteiger partial charge in [-0.2, -0.15) is 0 Å². The molecule has 19 heavy (non-hydrogen) atoms. The van der Waals surface area contributed by atoms with E-state index in [1.807, 2.05) is 0 Å². The molecule has 0 radical (unpaired) electrons. The maximum absolute atomic E-state index is 6.23. The highest BCUT2D eigenvalue weighted by Gasteiger charge is 2.11. The molecule has 0 aliphatic heterocycles. The minimum atomic E-state index is 0.287. The molecule has 0 heterocycles. The van der Waals surface area contributed by atoms with Crippen LogP contribution in [0.3, 0.4) is 0 Å². The normalized spacial score (nSPS) is 13.7. The average Bonchev–Trinajstić information content (AvgIpc) is 2.32. The first kappa shape index (κ1) is 18.9. The van der Waals surface area contributed by atoms with Gasteiger partial charge in [0.2, 0.25) is 0 Å². The summed E-state index contributed by atoms with van der Waals surface area (Å²) in [6.07, 6.45) is 4.67. The van der Waals surface area contributed by atoms with E-state index in [-0.39, 0.29) is 6.04 Å². The number of hydrogen-bond acceptors (Lipinski definition) is 3. The summed E-state index contributed by atoms with van der Waals surface area (Å²) in [6, 6.07) is 0.287. The number of nitrogens with two attached hydrogens (primary N) is 1. The first-order valence-electron chi connectivity index (χ1n) is 7.92. The lowest BCUT2D eigenvalue weighted by atomic mass is 10.1. The molecule has 3 nitrogen and oxygen atoms in total. The second-order valence-corrected chi connectivity index (χ2v) is 6.56. The summed E-state index contributed by atoms with van der Waals surface area (Å²) in [5, 5.41) is 0. The Kier molecular flexibility index (Phi) is 11.6. The maximum Gasteiger partial charge on any atom is 0.0462 e. The van der Waals surface area contributed by atoms with E-state index in [1.54, 1.807) is 7.11 Å². The lowest BCUT2D eigenvalue weighted by molar-refractivity contribution is 0.182. The molecule has 0 aromatic heterocycles.